The quantitative estimate of drug-likeness (QED) is 0.0900. The fourth-order valence-electron chi connectivity index (χ4n) is 4.52. The predicted molar refractivity (Wildman–Crippen MR) is 153 cm³/mol. The number of rotatable bonds is 1. The van der Waals surface area contributed by atoms with Crippen LogP contribution in [0, 0.1) is 99.6 Å². The summed E-state index contributed by atoms with van der Waals surface area (Å²) in [5, 5.41) is 9.57. The smallest absolute Gasteiger partial charge is 0.686 e. The molecule has 2 aromatic rings. The van der Waals surface area contributed by atoms with Gasteiger partial charge in [0, 0.05) is 0 Å². The maximum Gasteiger partial charge on any atom is 4.00 e. The first kappa shape index (κ1) is 41.8. The standard InChI is InChI=1S/C18H30N2.2C8F5.Pt/c1-17(2,3)13-7-9-19-15(11-13)16-12-14(8-10-20-16)18(4,5)6;2*1-2-3-4(9)6(11)8(13)7(12)5(3)10;/h7,11,14,16H,8-10,12H2,1-6H3;;;/q-2;2*-1;+4. The average Bonchev–Trinajstić information content (AvgIpc) is 3.01. The minimum atomic E-state index is -2.24. The Kier molecular flexibility index (Phi) is 14.9. The molecule has 1 fully saturated rings. The van der Waals surface area contributed by atoms with Crippen LogP contribution in [-0.2, 0) is 21.1 Å². The molecule has 2 heterocycles. The average molecular weight is 852 g/mol. The minimum absolute atomic E-state index is 0. The Morgan fingerprint density at radius 2 is 1.04 bits per heavy atom. The van der Waals surface area contributed by atoms with Gasteiger partial charge in [-0.05, 0) is 22.3 Å². The van der Waals surface area contributed by atoms with E-state index in [1.807, 2.05) is 0 Å². The normalized spacial score (nSPS) is 17.6. The summed E-state index contributed by atoms with van der Waals surface area (Å²) in [6, 6.07) is 0.319. The molecule has 0 spiro atoms. The molecule has 2 atom stereocenters. The Morgan fingerprint density at radius 3 is 1.38 bits per heavy atom. The van der Waals surface area contributed by atoms with Gasteiger partial charge in [0.1, 0.15) is 0 Å². The Balaban J connectivity index is 0.000000362. The third-order valence-corrected chi connectivity index (χ3v) is 7.33. The summed E-state index contributed by atoms with van der Waals surface area (Å²) in [4.78, 5) is 0. The second-order valence-corrected chi connectivity index (χ2v) is 12.5. The summed E-state index contributed by atoms with van der Waals surface area (Å²) in [6.07, 6.45) is 19.6. The topological polar surface area (TPSA) is 28.2 Å². The molecule has 0 aliphatic carbocycles. The molecule has 0 N–H and O–H groups in total. The van der Waals surface area contributed by atoms with Crippen LogP contribution in [0.25, 0.3) is 10.6 Å². The van der Waals surface area contributed by atoms with Crippen LogP contribution in [0.3, 0.4) is 0 Å². The largest absolute Gasteiger partial charge is 4.00 e. The molecule has 0 radical (unpaired) electrons. The molecule has 256 valence electrons. The first-order valence-electron chi connectivity index (χ1n) is 13.8. The van der Waals surface area contributed by atoms with E-state index in [2.05, 4.69) is 53.7 Å². The van der Waals surface area contributed by atoms with Crippen LogP contribution < -0.4 is 0 Å². The second-order valence-electron chi connectivity index (χ2n) is 12.5. The molecule has 2 aliphatic rings. The fraction of sp³-hybridized carbons (Fsp3) is 0.412. The summed E-state index contributed by atoms with van der Waals surface area (Å²) >= 11 is 0. The van der Waals surface area contributed by atoms with Crippen molar-refractivity contribution in [2.75, 3.05) is 13.1 Å². The van der Waals surface area contributed by atoms with E-state index in [0.29, 0.717) is 11.5 Å². The van der Waals surface area contributed by atoms with Gasteiger partial charge in [-0.3, -0.25) is 11.8 Å². The van der Waals surface area contributed by atoms with Crippen molar-refractivity contribution in [1.82, 2.24) is 0 Å². The fourth-order valence-corrected chi connectivity index (χ4v) is 4.52. The molecule has 2 aromatic carbocycles. The summed E-state index contributed by atoms with van der Waals surface area (Å²) < 4.78 is 124. The van der Waals surface area contributed by atoms with Crippen LogP contribution in [0.5, 0.6) is 0 Å². The van der Waals surface area contributed by atoms with Crippen LogP contribution in [-0.4, -0.2) is 19.1 Å². The van der Waals surface area contributed by atoms with Gasteiger partial charge in [-0.15, -0.1) is 19.1 Å². The van der Waals surface area contributed by atoms with Crippen molar-refractivity contribution in [3.05, 3.63) is 116 Å². The second kappa shape index (κ2) is 16.8. The molecule has 2 aliphatic heterocycles. The molecule has 2 unspecified atom stereocenters. The summed E-state index contributed by atoms with van der Waals surface area (Å²) in [5.41, 5.74) is 0.487. The number of benzene rings is 2. The van der Waals surface area contributed by atoms with Gasteiger partial charge >= 0.3 is 21.1 Å². The van der Waals surface area contributed by atoms with E-state index in [0.717, 1.165) is 37.3 Å². The van der Waals surface area contributed by atoms with E-state index < -0.39 is 69.3 Å². The molecule has 1 saturated heterocycles. The van der Waals surface area contributed by atoms with Crippen LogP contribution >= 0.6 is 0 Å². The van der Waals surface area contributed by atoms with E-state index >= 15 is 0 Å². The molecule has 47 heavy (non-hydrogen) atoms. The maximum absolute atomic E-state index is 12.5. The molecule has 0 saturated carbocycles. The molecule has 2 nitrogen and oxygen atoms in total. The monoisotopic (exact) mass is 851 g/mol. The third-order valence-electron chi connectivity index (χ3n) is 7.33. The maximum atomic E-state index is 12.5. The zero-order chi connectivity index (χ0) is 35.3. The first-order chi connectivity index (χ1) is 21.2. The number of nitrogens with zero attached hydrogens (tertiary/aromatic N) is 2. The van der Waals surface area contributed by atoms with Gasteiger partial charge in [-0.2, -0.15) is 5.70 Å². The van der Waals surface area contributed by atoms with Crippen LogP contribution in [0.4, 0.5) is 43.9 Å². The van der Waals surface area contributed by atoms with Gasteiger partial charge in [-0.25, -0.2) is 43.9 Å². The van der Waals surface area contributed by atoms with Crippen LogP contribution in [0.15, 0.2) is 23.4 Å². The summed E-state index contributed by atoms with van der Waals surface area (Å²) in [5.74, 6) is -18.0. The minimum Gasteiger partial charge on any atom is -0.686 e. The van der Waals surface area contributed by atoms with Crippen molar-refractivity contribution in [3.63, 3.8) is 0 Å². The van der Waals surface area contributed by atoms with Gasteiger partial charge in [0.2, 0.25) is 0 Å². The Morgan fingerprint density at radius 1 is 0.660 bits per heavy atom. The number of hydrogen-bond donors (Lipinski definition) is 0. The van der Waals surface area contributed by atoms with Gasteiger partial charge in [-0.1, -0.05) is 77.7 Å². The van der Waals surface area contributed by atoms with E-state index in [9.17, 15) is 43.9 Å². The van der Waals surface area contributed by atoms with Gasteiger partial charge < -0.3 is 23.5 Å². The number of hydrogen-bond acceptors (Lipinski definition) is 0. The Hall–Kier alpha value is -3.21. The van der Waals surface area contributed by atoms with Crippen molar-refractivity contribution in [1.29, 1.82) is 0 Å². The molecule has 0 bridgehead atoms. The Bertz CT molecular complexity index is 1470. The number of piperidine rings is 1. The number of halogens is 10. The third kappa shape index (κ3) is 9.90. The van der Waals surface area contributed by atoms with Gasteiger partial charge in [0.25, 0.3) is 0 Å². The van der Waals surface area contributed by atoms with Crippen molar-refractivity contribution in [2.45, 2.75) is 60.4 Å². The van der Waals surface area contributed by atoms with Crippen LogP contribution in [0.1, 0.15) is 65.5 Å². The first-order valence-corrected chi connectivity index (χ1v) is 13.8. The molecular formula is C34H30F10N2Pt. The Labute approximate surface area is 282 Å². The molecule has 4 rings (SSSR count). The zero-order valence-electron chi connectivity index (χ0n) is 26.1. The molecule has 13 heteroatoms. The molecular weight excluding hydrogens is 821 g/mol. The van der Waals surface area contributed by atoms with Crippen molar-refractivity contribution >= 4 is 0 Å². The summed E-state index contributed by atoms with van der Waals surface area (Å²) in [6.45, 7) is 15.7. The van der Waals surface area contributed by atoms with Crippen molar-refractivity contribution < 1.29 is 65.0 Å². The van der Waals surface area contributed by atoms with Gasteiger partial charge in [0.15, 0.2) is 34.9 Å². The molecule has 0 amide bonds. The SMILES string of the molecule is CC(C)(C)C1=CC[N-]C(C2CC(C(C)(C)C)CC[N-]2)=C1.[C-]#Cc1c(F)c(F)c(F)c(F)c1F.[C-]#Cc1c(F)c(F)c(F)c(F)c1F.[Pt+4]. The zero-order valence-corrected chi connectivity index (χ0v) is 28.4. The van der Waals surface area contributed by atoms with Gasteiger partial charge in [0.05, 0.1) is 23.3 Å². The summed E-state index contributed by atoms with van der Waals surface area (Å²) in [7, 11) is 0. The number of allylic oxidation sites excluding steroid dienone is 2. The van der Waals surface area contributed by atoms with Crippen LogP contribution in [0.2, 0.25) is 0 Å². The predicted octanol–water partition coefficient (Wildman–Crippen LogP) is 10.1. The van der Waals surface area contributed by atoms with E-state index in [-0.39, 0.29) is 26.5 Å². The van der Waals surface area contributed by atoms with E-state index in [1.54, 1.807) is 0 Å². The van der Waals surface area contributed by atoms with E-state index in [1.165, 1.54) is 17.7 Å². The van der Waals surface area contributed by atoms with E-state index in [4.69, 9.17) is 23.5 Å². The van der Waals surface area contributed by atoms with Crippen molar-refractivity contribution in [2.24, 2.45) is 16.7 Å². The molecule has 0 aromatic heterocycles. The van der Waals surface area contributed by atoms with Crippen molar-refractivity contribution in [3.8, 4) is 11.8 Å².